The largest absolute Gasteiger partial charge is 0.508 e. The number of hydrazine groups is 1. The summed E-state index contributed by atoms with van der Waals surface area (Å²) >= 11 is 0. The van der Waals surface area contributed by atoms with Gasteiger partial charge in [-0.3, -0.25) is 14.9 Å². The molecule has 0 amide bonds. The normalized spacial score (nSPS) is 10.1. The molecule has 4 N–H and O–H groups in total. The number of hydrogen-bond acceptors (Lipinski definition) is 7. The molecular weight excluding hydrogens is 264 g/mol. The minimum absolute atomic E-state index is 0.00454. The number of nitrogens with zero attached hydrogens (tertiary/aromatic N) is 2. The Morgan fingerprint density at radius 2 is 1.95 bits per heavy atom. The van der Waals surface area contributed by atoms with Crippen LogP contribution in [-0.2, 0) is 0 Å². The molecule has 1 aromatic heterocycles. The van der Waals surface area contributed by atoms with E-state index >= 15 is 0 Å². The Morgan fingerprint density at radius 1 is 1.30 bits per heavy atom. The van der Waals surface area contributed by atoms with E-state index in [0.29, 0.717) is 0 Å². The monoisotopic (exact) mass is 274 g/mol. The highest BCUT2D eigenvalue weighted by Crippen LogP contribution is 2.28. The molecular formula is C12H10N4O4. The van der Waals surface area contributed by atoms with Gasteiger partial charge in [-0.1, -0.05) is 0 Å². The first kappa shape index (κ1) is 13.4. The molecule has 8 nitrogen and oxygen atoms in total. The Labute approximate surface area is 113 Å². The van der Waals surface area contributed by atoms with Gasteiger partial charge in [-0.25, -0.2) is 10.8 Å². The SMILES string of the molecule is NNc1nccc(C(=O)c2ccc(O)cc2)c1[N+](=O)[O-]. The van der Waals surface area contributed by atoms with Crippen molar-refractivity contribution in [1.82, 2.24) is 4.98 Å². The quantitative estimate of drug-likeness (QED) is 0.330. The fourth-order valence-corrected chi connectivity index (χ4v) is 1.70. The average Bonchev–Trinajstić information content (AvgIpc) is 2.46. The highest BCUT2D eigenvalue weighted by atomic mass is 16.6. The van der Waals surface area contributed by atoms with Gasteiger partial charge in [0.25, 0.3) is 0 Å². The lowest BCUT2D eigenvalue weighted by molar-refractivity contribution is -0.384. The summed E-state index contributed by atoms with van der Waals surface area (Å²) in [6, 6.07) is 6.63. The second kappa shape index (κ2) is 5.33. The maximum Gasteiger partial charge on any atom is 0.323 e. The number of rotatable bonds is 4. The van der Waals surface area contributed by atoms with Gasteiger partial charge in [-0.05, 0) is 30.3 Å². The molecule has 0 atom stereocenters. The molecule has 0 fully saturated rings. The van der Waals surface area contributed by atoms with Crippen LogP contribution in [-0.4, -0.2) is 20.8 Å². The second-order valence-electron chi connectivity index (χ2n) is 3.83. The van der Waals surface area contributed by atoms with Crippen LogP contribution in [0.4, 0.5) is 11.5 Å². The molecule has 0 bridgehead atoms. The van der Waals surface area contributed by atoms with E-state index in [1.54, 1.807) is 0 Å². The van der Waals surface area contributed by atoms with Crippen molar-refractivity contribution >= 4 is 17.3 Å². The van der Waals surface area contributed by atoms with Crippen LogP contribution in [0.3, 0.4) is 0 Å². The molecule has 0 spiro atoms. The van der Waals surface area contributed by atoms with Crippen molar-refractivity contribution in [2.24, 2.45) is 5.84 Å². The number of hydrogen-bond donors (Lipinski definition) is 3. The van der Waals surface area contributed by atoms with E-state index in [0.717, 1.165) is 0 Å². The van der Waals surface area contributed by atoms with Crippen LogP contribution in [0, 0.1) is 10.1 Å². The van der Waals surface area contributed by atoms with E-state index in [2.05, 4.69) is 10.4 Å². The topological polar surface area (TPSA) is 131 Å². The Balaban J connectivity index is 2.54. The lowest BCUT2D eigenvalue weighted by Gasteiger charge is -2.06. The number of carbonyl (C=O) groups excluding carboxylic acids is 1. The van der Waals surface area contributed by atoms with Gasteiger partial charge in [-0.2, -0.15) is 0 Å². The molecule has 20 heavy (non-hydrogen) atoms. The van der Waals surface area contributed by atoms with Gasteiger partial charge < -0.3 is 10.5 Å². The van der Waals surface area contributed by atoms with E-state index in [9.17, 15) is 20.0 Å². The van der Waals surface area contributed by atoms with Crippen LogP contribution < -0.4 is 11.3 Å². The van der Waals surface area contributed by atoms with Crippen molar-refractivity contribution < 1.29 is 14.8 Å². The molecule has 0 aliphatic carbocycles. The summed E-state index contributed by atoms with van der Waals surface area (Å²) in [5.41, 5.74) is 1.67. The minimum Gasteiger partial charge on any atom is -0.508 e. The molecule has 0 aliphatic heterocycles. The first-order valence-corrected chi connectivity index (χ1v) is 5.48. The molecule has 1 heterocycles. The number of anilines is 1. The second-order valence-corrected chi connectivity index (χ2v) is 3.83. The van der Waals surface area contributed by atoms with E-state index < -0.39 is 16.4 Å². The van der Waals surface area contributed by atoms with Crippen LogP contribution in [0.2, 0.25) is 0 Å². The van der Waals surface area contributed by atoms with E-state index in [-0.39, 0.29) is 22.7 Å². The van der Waals surface area contributed by atoms with Crippen LogP contribution in [0.1, 0.15) is 15.9 Å². The molecule has 2 aromatic rings. The Hall–Kier alpha value is -3.00. The lowest BCUT2D eigenvalue weighted by atomic mass is 10.0. The maximum absolute atomic E-state index is 12.3. The zero-order valence-corrected chi connectivity index (χ0v) is 10.1. The van der Waals surface area contributed by atoms with Gasteiger partial charge >= 0.3 is 5.69 Å². The Morgan fingerprint density at radius 3 is 2.50 bits per heavy atom. The zero-order chi connectivity index (χ0) is 14.7. The number of pyridine rings is 1. The van der Waals surface area contributed by atoms with Crippen molar-refractivity contribution in [3.8, 4) is 5.75 Å². The van der Waals surface area contributed by atoms with Crippen molar-refractivity contribution in [3.63, 3.8) is 0 Å². The van der Waals surface area contributed by atoms with Gasteiger partial charge in [0.15, 0.2) is 5.78 Å². The lowest BCUT2D eigenvalue weighted by Crippen LogP contribution is -2.14. The van der Waals surface area contributed by atoms with Gasteiger partial charge in [0.1, 0.15) is 11.3 Å². The Kier molecular flexibility index (Phi) is 3.58. The van der Waals surface area contributed by atoms with Gasteiger partial charge in [0.05, 0.1) is 4.92 Å². The van der Waals surface area contributed by atoms with E-state index in [4.69, 9.17) is 5.84 Å². The predicted molar refractivity (Wildman–Crippen MR) is 70.2 cm³/mol. The molecule has 0 unspecified atom stereocenters. The van der Waals surface area contributed by atoms with Crippen LogP contribution >= 0.6 is 0 Å². The van der Waals surface area contributed by atoms with Crippen LogP contribution in [0.15, 0.2) is 36.5 Å². The zero-order valence-electron chi connectivity index (χ0n) is 10.1. The number of ketones is 1. The van der Waals surface area contributed by atoms with Crippen molar-refractivity contribution in [2.75, 3.05) is 5.43 Å². The first-order chi connectivity index (χ1) is 9.54. The number of nitrogen functional groups attached to an aromatic ring is 1. The number of carbonyl (C=O) groups is 1. The maximum atomic E-state index is 12.3. The molecule has 1 aromatic carbocycles. The highest BCUT2D eigenvalue weighted by Gasteiger charge is 2.26. The number of nitrogens with one attached hydrogen (secondary N) is 1. The number of nitrogens with two attached hydrogens (primary N) is 1. The number of benzene rings is 1. The number of phenols is 1. The molecule has 0 radical (unpaired) electrons. The fourth-order valence-electron chi connectivity index (χ4n) is 1.70. The number of nitro groups is 1. The predicted octanol–water partition coefficient (Wildman–Crippen LogP) is 1.21. The number of aromatic nitrogens is 1. The third-order valence-corrected chi connectivity index (χ3v) is 2.62. The number of phenolic OH excluding ortho intramolecular Hbond substituents is 1. The summed E-state index contributed by atoms with van der Waals surface area (Å²) in [6.45, 7) is 0. The summed E-state index contributed by atoms with van der Waals surface area (Å²) in [5, 5.41) is 20.2. The molecule has 0 saturated heterocycles. The molecule has 102 valence electrons. The van der Waals surface area contributed by atoms with Crippen molar-refractivity contribution in [1.29, 1.82) is 0 Å². The first-order valence-electron chi connectivity index (χ1n) is 5.48. The highest BCUT2D eigenvalue weighted by molar-refractivity contribution is 6.12. The summed E-state index contributed by atoms with van der Waals surface area (Å²) in [6.07, 6.45) is 1.25. The van der Waals surface area contributed by atoms with Gasteiger partial charge in [-0.15, -0.1) is 0 Å². The molecule has 8 heteroatoms. The van der Waals surface area contributed by atoms with E-state index in [1.807, 2.05) is 0 Å². The third kappa shape index (κ3) is 2.40. The summed E-state index contributed by atoms with van der Waals surface area (Å²) in [5.74, 6) is 4.40. The summed E-state index contributed by atoms with van der Waals surface area (Å²) in [7, 11) is 0. The van der Waals surface area contributed by atoms with Gasteiger partial charge in [0, 0.05) is 11.8 Å². The average molecular weight is 274 g/mol. The number of aromatic hydroxyl groups is 1. The van der Waals surface area contributed by atoms with Crippen molar-refractivity contribution in [2.45, 2.75) is 0 Å². The molecule has 2 rings (SSSR count). The van der Waals surface area contributed by atoms with Crippen molar-refractivity contribution in [3.05, 3.63) is 57.8 Å². The van der Waals surface area contributed by atoms with Crippen LogP contribution in [0.5, 0.6) is 5.75 Å². The molecule has 0 saturated carbocycles. The minimum atomic E-state index is -0.726. The standard InChI is InChI=1S/C12H10N4O4/c13-15-12-10(16(19)20)9(5-6-14-12)11(18)7-1-3-8(17)4-2-7/h1-6,17H,13H2,(H,14,15). The Bertz CT molecular complexity index is 670. The smallest absolute Gasteiger partial charge is 0.323 e. The molecule has 0 aliphatic rings. The summed E-state index contributed by atoms with van der Waals surface area (Å²) < 4.78 is 0. The van der Waals surface area contributed by atoms with E-state index in [1.165, 1.54) is 36.5 Å². The third-order valence-electron chi connectivity index (χ3n) is 2.62. The van der Waals surface area contributed by atoms with Gasteiger partial charge in [0.2, 0.25) is 5.82 Å². The fraction of sp³-hybridized carbons (Fsp3) is 0. The van der Waals surface area contributed by atoms with Crippen LogP contribution in [0.25, 0.3) is 0 Å². The summed E-state index contributed by atoms with van der Waals surface area (Å²) in [4.78, 5) is 26.3.